The minimum atomic E-state index is 0.184. The maximum atomic E-state index is 9.61. The number of nitrogens with zero attached hydrogens (tertiary/aromatic N) is 4. The number of likely N-dealkylation sites (tertiary alicyclic amines) is 1. The highest BCUT2D eigenvalue weighted by atomic mass is 16.3. The lowest BCUT2D eigenvalue weighted by molar-refractivity contribution is 0.0836. The van der Waals surface area contributed by atoms with Crippen LogP contribution in [0.2, 0.25) is 0 Å². The molecule has 3 rings (SSSR count). The van der Waals surface area contributed by atoms with Gasteiger partial charge in [-0.1, -0.05) is 0 Å². The molecule has 21 heavy (non-hydrogen) atoms. The molecule has 0 amide bonds. The number of aromatic amines is 1. The van der Waals surface area contributed by atoms with Crippen LogP contribution >= 0.6 is 0 Å². The summed E-state index contributed by atoms with van der Waals surface area (Å²) < 4.78 is 0. The summed E-state index contributed by atoms with van der Waals surface area (Å²) in [5.74, 6) is 0.474. The van der Waals surface area contributed by atoms with Crippen molar-refractivity contribution < 1.29 is 5.11 Å². The van der Waals surface area contributed by atoms with Gasteiger partial charge in [0, 0.05) is 23.8 Å². The Labute approximate surface area is 123 Å². The van der Waals surface area contributed by atoms with Crippen molar-refractivity contribution >= 4 is 16.9 Å². The molecule has 7 nitrogen and oxygen atoms in total. The van der Waals surface area contributed by atoms with Gasteiger partial charge in [-0.3, -0.25) is 9.80 Å². The molecule has 2 atom stereocenters. The van der Waals surface area contributed by atoms with Gasteiger partial charge in [0.2, 0.25) is 0 Å². The third kappa shape index (κ3) is 2.48. The number of aromatic nitrogens is 3. The normalized spacial score (nSPS) is 23.4. The highest BCUT2D eigenvalue weighted by molar-refractivity contribution is 5.87. The third-order valence-corrected chi connectivity index (χ3v) is 4.18. The molecule has 1 saturated heterocycles. The summed E-state index contributed by atoms with van der Waals surface area (Å²) >= 11 is 0. The maximum absolute atomic E-state index is 9.61. The first kappa shape index (κ1) is 14.2. The Balaban J connectivity index is 1.98. The first-order chi connectivity index (χ1) is 10.1. The Morgan fingerprint density at radius 1 is 1.43 bits per heavy atom. The number of fused-ring (bicyclic) bond motifs is 1. The summed E-state index contributed by atoms with van der Waals surface area (Å²) in [6.45, 7) is 0.993. The van der Waals surface area contributed by atoms with E-state index in [4.69, 9.17) is 5.73 Å². The number of nitrogens with one attached hydrogen (secondary N) is 1. The first-order valence-electron chi connectivity index (χ1n) is 7.20. The van der Waals surface area contributed by atoms with Crippen molar-refractivity contribution in [2.75, 3.05) is 33.1 Å². The van der Waals surface area contributed by atoms with E-state index in [0.717, 1.165) is 36.1 Å². The SMILES string of the molecule is CN(C)CN1C(CO)CCC1c1c[nH]c2c(N)ncnc12. The number of rotatable bonds is 4. The van der Waals surface area contributed by atoms with Crippen LogP contribution in [0.25, 0.3) is 11.0 Å². The standard InChI is InChI=1S/C14H22N6O/c1-19(2)8-20-9(6-21)3-4-11(20)10-5-16-13-12(10)17-7-18-14(13)15/h5,7,9,11,16,21H,3-4,6,8H2,1-2H3,(H2,15,17,18). The topological polar surface area (TPSA) is 94.3 Å². The van der Waals surface area contributed by atoms with E-state index in [1.54, 1.807) is 0 Å². The lowest BCUT2D eigenvalue weighted by Crippen LogP contribution is -2.40. The second kappa shape index (κ2) is 5.59. The van der Waals surface area contributed by atoms with Crippen molar-refractivity contribution in [1.29, 1.82) is 0 Å². The molecule has 1 fully saturated rings. The van der Waals surface area contributed by atoms with E-state index in [2.05, 4.69) is 24.8 Å². The third-order valence-electron chi connectivity index (χ3n) is 4.18. The smallest absolute Gasteiger partial charge is 0.151 e. The van der Waals surface area contributed by atoms with Gasteiger partial charge in [-0.05, 0) is 26.9 Å². The first-order valence-corrected chi connectivity index (χ1v) is 7.20. The molecule has 0 aliphatic carbocycles. The zero-order valence-corrected chi connectivity index (χ0v) is 12.5. The minimum Gasteiger partial charge on any atom is -0.395 e. The number of aliphatic hydroxyl groups excluding tert-OH is 1. The molecule has 1 aliphatic rings. The molecule has 2 unspecified atom stereocenters. The summed E-state index contributed by atoms with van der Waals surface area (Å²) in [6.07, 6.45) is 5.48. The Bertz CT molecular complexity index is 625. The van der Waals surface area contributed by atoms with Crippen molar-refractivity contribution in [2.45, 2.75) is 24.9 Å². The molecule has 2 aromatic heterocycles. The van der Waals surface area contributed by atoms with Gasteiger partial charge >= 0.3 is 0 Å². The van der Waals surface area contributed by atoms with E-state index in [1.807, 2.05) is 20.3 Å². The molecule has 0 saturated carbocycles. The molecule has 0 radical (unpaired) electrons. The van der Waals surface area contributed by atoms with E-state index < -0.39 is 0 Å². The van der Waals surface area contributed by atoms with Gasteiger partial charge in [-0.25, -0.2) is 9.97 Å². The van der Waals surface area contributed by atoms with Gasteiger partial charge in [-0.15, -0.1) is 0 Å². The fourth-order valence-corrected chi connectivity index (χ4v) is 3.24. The van der Waals surface area contributed by atoms with Gasteiger partial charge in [0.05, 0.1) is 18.8 Å². The molecule has 1 aliphatic heterocycles. The number of anilines is 1. The van der Waals surface area contributed by atoms with E-state index in [9.17, 15) is 5.11 Å². The largest absolute Gasteiger partial charge is 0.395 e. The number of aliphatic hydroxyl groups is 1. The van der Waals surface area contributed by atoms with Gasteiger partial charge in [0.15, 0.2) is 5.82 Å². The summed E-state index contributed by atoms with van der Waals surface area (Å²) in [6, 6.07) is 0.439. The molecule has 4 N–H and O–H groups in total. The van der Waals surface area contributed by atoms with Crippen LogP contribution in [0.15, 0.2) is 12.5 Å². The van der Waals surface area contributed by atoms with Gasteiger partial charge in [0.25, 0.3) is 0 Å². The molecule has 7 heteroatoms. The van der Waals surface area contributed by atoms with E-state index in [0.29, 0.717) is 5.82 Å². The lowest BCUT2D eigenvalue weighted by Gasteiger charge is -2.31. The van der Waals surface area contributed by atoms with Crippen LogP contribution in [0.4, 0.5) is 5.82 Å². The molecule has 2 aromatic rings. The van der Waals surface area contributed by atoms with Crippen molar-refractivity contribution in [3.8, 4) is 0 Å². The van der Waals surface area contributed by atoms with Crippen LogP contribution in [0.3, 0.4) is 0 Å². The Morgan fingerprint density at radius 2 is 2.24 bits per heavy atom. The average molecular weight is 290 g/mol. The van der Waals surface area contributed by atoms with Gasteiger partial charge in [0.1, 0.15) is 11.8 Å². The number of nitrogen functional groups attached to an aromatic ring is 1. The highest BCUT2D eigenvalue weighted by Crippen LogP contribution is 2.38. The van der Waals surface area contributed by atoms with Crippen LogP contribution in [0, 0.1) is 0 Å². The molecular formula is C14H22N6O. The van der Waals surface area contributed by atoms with Crippen LogP contribution in [-0.4, -0.2) is 63.3 Å². The van der Waals surface area contributed by atoms with E-state index in [1.165, 1.54) is 6.33 Å². The average Bonchev–Trinajstić information content (AvgIpc) is 3.02. The predicted octanol–water partition coefficient (Wildman–Crippen LogP) is 0.557. The monoisotopic (exact) mass is 290 g/mol. The molecule has 3 heterocycles. The summed E-state index contributed by atoms with van der Waals surface area (Å²) in [4.78, 5) is 16.1. The quantitative estimate of drug-likeness (QED) is 0.761. The summed E-state index contributed by atoms with van der Waals surface area (Å²) in [7, 11) is 4.08. The lowest BCUT2D eigenvalue weighted by atomic mass is 10.1. The van der Waals surface area contributed by atoms with E-state index in [-0.39, 0.29) is 18.7 Å². The number of H-pyrrole nitrogens is 1. The highest BCUT2D eigenvalue weighted by Gasteiger charge is 2.35. The van der Waals surface area contributed by atoms with Gasteiger partial charge < -0.3 is 15.8 Å². The van der Waals surface area contributed by atoms with Crippen LogP contribution in [0.1, 0.15) is 24.4 Å². The Hall–Kier alpha value is -1.70. The van der Waals surface area contributed by atoms with Crippen molar-refractivity contribution in [3.05, 3.63) is 18.1 Å². The fraction of sp³-hybridized carbons (Fsp3) is 0.571. The molecule has 0 aromatic carbocycles. The Morgan fingerprint density at radius 3 is 2.95 bits per heavy atom. The molecule has 0 bridgehead atoms. The number of nitrogens with two attached hydrogens (primary N) is 1. The summed E-state index contributed by atoms with van der Waals surface area (Å²) in [5, 5.41) is 9.61. The summed E-state index contributed by atoms with van der Waals surface area (Å²) in [5.41, 5.74) is 8.71. The van der Waals surface area contributed by atoms with Crippen LogP contribution in [-0.2, 0) is 0 Å². The predicted molar refractivity (Wildman–Crippen MR) is 81.5 cm³/mol. The Kier molecular flexibility index (Phi) is 3.79. The van der Waals surface area contributed by atoms with Gasteiger partial charge in [-0.2, -0.15) is 0 Å². The number of hydrogen-bond acceptors (Lipinski definition) is 6. The number of hydrogen-bond donors (Lipinski definition) is 3. The minimum absolute atomic E-state index is 0.184. The maximum Gasteiger partial charge on any atom is 0.151 e. The van der Waals surface area contributed by atoms with Crippen LogP contribution < -0.4 is 5.73 Å². The molecular weight excluding hydrogens is 268 g/mol. The van der Waals surface area contributed by atoms with Crippen molar-refractivity contribution in [3.63, 3.8) is 0 Å². The van der Waals surface area contributed by atoms with E-state index >= 15 is 0 Å². The zero-order chi connectivity index (χ0) is 15.0. The second-order valence-electron chi connectivity index (χ2n) is 5.89. The molecule has 0 spiro atoms. The zero-order valence-electron chi connectivity index (χ0n) is 12.5. The van der Waals surface area contributed by atoms with Crippen LogP contribution in [0.5, 0.6) is 0 Å². The second-order valence-corrected chi connectivity index (χ2v) is 5.89. The fourth-order valence-electron chi connectivity index (χ4n) is 3.24. The molecule has 114 valence electrons. The van der Waals surface area contributed by atoms with Crippen molar-refractivity contribution in [1.82, 2.24) is 24.8 Å². The van der Waals surface area contributed by atoms with Crippen molar-refractivity contribution in [2.24, 2.45) is 0 Å².